The third kappa shape index (κ3) is 5.75. The number of allylic oxidation sites excluding steroid dienone is 4. The van der Waals surface area contributed by atoms with Crippen molar-refractivity contribution >= 4 is 44.4 Å². The molecule has 1 heterocycles. The van der Waals surface area contributed by atoms with Gasteiger partial charge in [-0.15, -0.1) is 0 Å². The van der Waals surface area contributed by atoms with Gasteiger partial charge < -0.3 is 9.47 Å². The van der Waals surface area contributed by atoms with Crippen LogP contribution >= 0.6 is 0 Å². The van der Waals surface area contributed by atoms with E-state index in [0.717, 1.165) is 29.9 Å². The first-order chi connectivity index (χ1) is 39.0. The van der Waals surface area contributed by atoms with E-state index in [1.54, 1.807) is 0 Å². The van der Waals surface area contributed by atoms with Gasteiger partial charge in [-0.3, -0.25) is 0 Å². The van der Waals surface area contributed by atoms with Crippen LogP contribution in [0.1, 0.15) is 82.3 Å². The zero-order valence-electron chi connectivity index (χ0n) is 44.2. The average molecular weight is 1010 g/mol. The highest BCUT2D eigenvalue weighted by Crippen LogP contribution is 2.69. The van der Waals surface area contributed by atoms with E-state index in [2.05, 4.69) is 290 Å². The number of nitrogens with zero attached hydrogens (tertiary/aromatic N) is 2. The molecule has 5 aliphatic carbocycles. The highest BCUT2D eigenvalue weighted by molar-refractivity contribution is 6.09. The largest absolute Gasteiger partial charge is 0.310 e. The Kier molecular flexibility index (Phi) is 9.19. The molecule has 372 valence electrons. The number of benzene rings is 11. The average Bonchev–Trinajstić information content (AvgIpc) is 3.33. The highest BCUT2D eigenvalue weighted by Gasteiger charge is 2.59. The molecule has 17 rings (SSSR count). The van der Waals surface area contributed by atoms with E-state index in [0.29, 0.717) is 0 Å². The Hall–Kier alpha value is -9.50. The van der Waals surface area contributed by atoms with E-state index in [1.807, 2.05) is 0 Å². The van der Waals surface area contributed by atoms with Crippen molar-refractivity contribution in [2.45, 2.75) is 42.9 Å². The standard InChI is InChI=1S/C77H54N2/c1-75(2)61-26-9-3-20-54(61)57-47-46-53(48-70(57)75)78(51-42-38-49(39-43-51)50-40-44-52(45-41-50)79-71-35-17-7-23-58(71)59-24-8-18-36-72(59)79)73-37-19-34-69-74(73)60-25-6-12-29-64(60)77(69)67-32-15-13-30-65(67)76(66-31-14-16-33-68(66)77)62-27-10-4-21-55(62)56-22-5-11-28-63(56)76/h3-4,6-21,23-48H,5,22H2,1-2H3. The molecule has 2 spiro atoms. The molecular formula is C77H54N2. The van der Waals surface area contributed by atoms with Gasteiger partial charge in [-0.1, -0.05) is 226 Å². The van der Waals surface area contributed by atoms with E-state index in [9.17, 15) is 0 Å². The lowest BCUT2D eigenvalue weighted by Gasteiger charge is -2.49. The highest BCUT2D eigenvalue weighted by atomic mass is 15.1. The number of rotatable bonds is 5. The van der Waals surface area contributed by atoms with Crippen LogP contribution in [0.5, 0.6) is 0 Å². The number of para-hydroxylation sites is 2. The summed E-state index contributed by atoms with van der Waals surface area (Å²) in [6, 6.07) is 96.9. The van der Waals surface area contributed by atoms with Crippen LogP contribution in [0.15, 0.2) is 273 Å². The predicted octanol–water partition coefficient (Wildman–Crippen LogP) is 19.4. The summed E-state index contributed by atoms with van der Waals surface area (Å²) in [5.41, 5.74) is 29.9. The van der Waals surface area contributed by atoms with Gasteiger partial charge in [-0.25, -0.2) is 0 Å². The van der Waals surface area contributed by atoms with Gasteiger partial charge in [0.2, 0.25) is 0 Å². The molecule has 0 N–H and O–H groups in total. The molecule has 5 aliphatic rings. The van der Waals surface area contributed by atoms with Crippen molar-refractivity contribution in [3.63, 3.8) is 0 Å². The zero-order chi connectivity index (χ0) is 52.2. The molecule has 0 atom stereocenters. The van der Waals surface area contributed by atoms with E-state index in [-0.39, 0.29) is 5.41 Å². The van der Waals surface area contributed by atoms with E-state index >= 15 is 0 Å². The van der Waals surface area contributed by atoms with Crippen LogP contribution in [0.25, 0.3) is 66.4 Å². The Morgan fingerprint density at radius 1 is 0.380 bits per heavy atom. The molecular weight excluding hydrogens is 953 g/mol. The lowest BCUT2D eigenvalue weighted by atomic mass is 9.52. The molecule has 12 aromatic rings. The van der Waals surface area contributed by atoms with Gasteiger partial charge in [0, 0.05) is 38.8 Å². The first-order valence-electron chi connectivity index (χ1n) is 28.1. The smallest absolute Gasteiger partial charge is 0.0720 e. The lowest BCUT2D eigenvalue weighted by Crippen LogP contribution is -2.44. The molecule has 0 radical (unpaired) electrons. The molecule has 0 aliphatic heterocycles. The van der Waals surface area contributed by atoms with Crippen molar-refractivity contribution in [3.8, 4) is 39.1 Å². The van der Waals surface area contributed by atoms with Crippen LogP contribution in [0.2, 0.25) is 0 Å². The van der Waals surface area contributed by atoms with Crippen molar-refractivity contribution < 1.29 is 0 Å². The molecule has 79 heavy (non-hydrogen) atoms. The zero-order valence-corrected chi connectivity index (χ0v) is 44.2. The van der Waals surface area contributed by atoms with E-state index in [4.69, 9.17) is 0 Å². The molecule has 0 amide bonds. The number of aromatic nitrogens is 1. The molecule has 1 aromatic heterocycles. The van der Waals surface area contributed by atoms with Crippen molar-refractivity contribution in [2.24, 2.45) is 0 Å². The van der Waals surface area contributed by atoms with Crippen LogP contribution in [0, 0.1) is 0 Å². The monoisotopic (exact) mass is 1010 g/mol. The van der Waals surface area contributed by atoms with Gasteiger partial charge in [0.05, 0.1) is 27.6 Å². The van der Waals surface area contributed by atoms with Gasteiger partial charge >= 0.3 is 0 Å². The summed E-state index contributed by atoms with van der Waals surface area (Å²) in [6.45, 7) is 4.78. The van der Waals surface area contributed by atoms with Crippen molar-refractivity contribution in [1.82, 2.24) is 4.57 Å². The molecule has 2 heteroatoms. The van der Waals surface area contributed by atoms with E-state index < -0.39 is 10.8 Å². The van der Waals surface area contributed by atoms with Crippen LogP contribution in [0.3, 0.4) is 0 Å². The minimum absolute atomic E-state index is 0.175. The topological polar surface area (TPSA) is 8.17 Å². The SMILES string of the molecule is CC1(C)c2ccccc2-c2ccc(N(c3ccc(-c4ccc(-n5c6ccccc6c6ccccc65)cc4)cc3)c3cccc4c3-c3ccccc3C43c4ccccc4C4(C5=C(CCC=C5)c5ccccc54)c4ccccc43)cc21. The third-order valence-corrected chi connectivity index (χ3v) is 19.0. The second-order valence-electron chi connectivity index (χ2n) is 22.9. The predicted molar refractivity (Wildman–Crippen MR) is 327 cm³/mol. The molecule has 0 saturated heterocycles. The lowest BCUT2D eigenvalue weighted by molar-refractivity contribution is 0.629. The first kappa shape index (κ1) is 44.6. The summed E-state index contributed by atoms with van der Waals surface area (Å²) < 4.78 is 2.39. The van der Waals surface area contributed by atoms with Crippen molar-refractivity contribution in [2.75, 3.05) is 4.90 Å². The van der Waals surface area contributed by atoms with Gasteiger partial charge in [-0.05, 0) is 162 Å². The van der Waals surface area contributed by atoms with Gasteiger partial charge in [0.15, 0.2) is 0 Å². The van der Waals surface area contributed by atoms with Gasteiger partial charge in [0.1, 0.15) is 0 Å². The second kappa shape index (κ2) is 16.3. The summed E-state index contributed by atoms with van der Waals surface area (Å²) in [5.74, 6) is 0. The normalized spacial score (nSPS) is 18.3. The quantitative estimate of drug-likeness (QED) is 0.167. The number of fused-ring (bicyclic) bond motifs is 21. The summed E-state index contributed by atoms with van der Waals surface area (Å²) >= 11 is 0. The van der Waals surface area contributed by atoms with Crippen molar-refractivity contribution in [3.05, 3.63) is 328 Å². The Balaban J connectivity index is 0.867. The minimum Gasteiger partial charge on any atom is -0.310 e. The summed E-state index contributed by atoms with van der Waals surface area (Å²) in [6.07, 6.45) is 7.00. The molecule has 11 aromatic carbocycles. The summed E-state index contributed by atoms with van der Waals surface area (Å²) in [4.78, 5) is 2.56. The summed E-state index contributed by atoms with van der Waals surface area (Å²) in [7, 11) is 0. The van der Waals surface area contributed by atoms with Crippen LogP contribution in [0.4, 0.5) is 17.1 Å². The second-order valence-corrected chi connectivity index (χ2v) is 22.9. The Labute approximate surface area is 461 Å². The summed E-state index contributed by atoms with van der Waals surface area (Å²) in [5, 5.41) is 2.54. The molecule has 2 nitrogen and oxygen atoms in total. The Morgan fingerprint density at radius 2 is 0.873 bits per heavy atom. The van der Waals surface area contributed by atoms with Crippen LogP contribution < -0.4 is 4.90 Å². The fourth-order valence-electron chi connectivity index (χ4n) is 15.8. The molecule has 0 saturated carbocycles. The number of hydrogen-bond acceptors (Lipinski definition) is 1. The molecule has 0 bridgehead atoms. The van der Waals surface area contributed by atoms with Crippen LogP contribution in [-0.2, 0) is 16.2 Å². The third-order valence-electron chi connectivity index (χ3n) is 19.0. The van der Waals surface area contributed by atoms with Crippen molar-refractivity contribution in [1.29, 1.82) is 0 Å². The minimum atomic E-state index is -0.598. The fourth-order valence-corrected chi connectivity index (χ4v) is 15.8. The molecule has 0 unspecified atom stereocenters. The van der Waals surface area contributed by atoms with Gasteiger partial charge in [0.25, 0.3) is 0 Å². The number of anilines is 3. The first-order valence-corrected chi connectivity index (χ1v) is 28.1. The Bertz CT molecular complexity index is 4530. The maximum Gasteiger partial charge on any atom is 0.0720 e. The van der Waals surface area contributed by atoms with Crippen LogP contribution in [-0.4, -0.2) is 4.57 Å². The van der Waals surface area contributed by atoms with Gasteiger partial charge in [-0.2, -0.15) is 0 Å². The Morgan fingerprint density at radius 3 is 1.53 bits per heavy atom. The molecule has 0 fully saturated rings. The number of hydrogen-bond donors (Lipinski definition) is 0. The maximum atomic E-state index is 2.56. The maximum absolute atomic E-state index is 2.56. The fraction of sp³-hybridized carbons (Fsp3) is 0.0909. The van der Waals surface area contributed by atoms with E-state index in [1.165, 1.54) is 128 Å².